The summed E-state index contributed by atoms with van der Waals surface area (Å²) in [5.74, 6) is 0.663. The molecule has 0 saturated carbocycles. The van der Waals surface area contributed by atoms with E-state index in [9.17, 15) is 4.79 Å². The number of benzene rings is 2. The number of aromatic nitrogens is 3. The fraction of sp³-hybridized carbons (Fsp3) is 0.208. The second-order valence-electron chi connectivity index (χ2n) is 7.94. The Morgan fingerprint density at radius 1 is 1.03 bits per heavy atom. The standard InChI is InChI=1S/C24H19N3OS/c1-14-11-12-18-19(13-14)29-23-20(18)24(28)27-22(25-23)17-10-6-5-9-16(17)21(26-27)15-7-3-2-4-8-15/h2-10,14H,11-13H2,1H3. The summed E-state index contributed by atoms with van der Waals surface area (Å²) < 4.78 is 1.53. The van der Waals surface area contributed by atoms with E-state index in [2.05, 4.69) is 13.0 Å². The van der Waals surface area contributed by atoms with Crippen molar-refractivity contribution in [1.29, 1.82) is 0 Å². The molecule has 0 aliphatic heterocycles. The highest BCUT2D eigenvalue weighted by atomic mass is 32.1. The van der Waals surface area contributed by atoms with Crippen LogP contribution in [0.15, 0.2) is 59.4 Å². The summed E-state index contributed by atoms with van der Waals surface area (Å²) in [5, 5.41) is 7.56. The number of thiophene rings is 1. The monoisotopic (exact) mass is 397 g/mol. The molecule has 0 fully saturated rings. The molecule has 2 aromatic carbocycles. The van der Waals surface area contributed by atoms with Crippen LogP contribution in [-0.4, -0.2) is 14.6 Å². The molecular weight excluding hydrogens is 378 g/mol. The fourth-order valence-electron chi connectivity index (χ4n) is 4.50. The maximum Gasteiger partial charge on any atom is 0.283 e. The molecule has 6 rings (SSSR count). The van der Waals surface area contributed by atoms with E-state index in [-0.39, 0.29) is 5.56 Å². The minimum absolute atomic E-state index is 0.0417. The summed E-state index contributed by atoms with van der Waals surface area (Å²) in [6, 6.07) is 18.1. The van der Waals surface area contributed by atoms with E-state index in [1.165, 1.54) is 15.0 Å². The van der Waals surface area contributed by atoms with E-state index in [1.54, 1.807) is 11.3 Å². The fourth-order valence-corrected chi connectivity index (χ4v) is 5.87. The zero-order valence-corrected chi connectivity index (χ0v) is 16.9. The molecule has 5 aromatic rings. The quantitative estimate of drug-likeness (QED) is 0.363. The highest BCUT2D eigenvalue weighted by Crippen LogP contribution is 2.37. The maximum absolute atomic E-state index is 13.6. The molecule has 1 aliphatic rings. The van der Waals surface area contributed by atoms with Gasteiger partial charge in [0.25, 0.3) is 5.56 Å². The third kappa shape index (κ3) is 2.47. The molecule has 0 N–H and O–H groups in total. The number of nitrogens with zero attached hydrogens (tertiary/aromatic N) is 3. The van der Waals surface area contributed by atoms with Crippen molar-refractivity contribution < 1.29 is 0 Å². The topological polar surface area (TPSA) is 47.3 Å². The van der Waals surface area contributed by atoms with E-state index in [0.29, 0.717) is 11.6 Å². The van der Waals surface area contributed by atoms with Gasteiger partial charge >= 0.3 is 0 Å². The van der Waals surface area contributed by atoms with Crippen LogP contribution in [0.2, 0.25) is 0 Å². The van der Waals surface area contributed by atoms with Crippen LogP contribution >= 0.6 is 11.3 Å². The Kier molecular flexibility index (Phi) is 3.62. The number of fused-ring (bicyclic) bond motifs is 6. The van der Waals surface area contributed by atoms with Crippen molar-refractivity contribution in [3.63, 3.8) is 0 Å². The second-order valence-corrected chi connectivity index (χ2v) is 9.03. The second kappa shape index (κ2) is 6.22. The van der Waals surface area contributed by atoms with Crippen LogP contribution in [0.25, 0.3) is 37.9 Å². The lowest BCUT2D eigenvalue weighted by molar-refractivity contribution is 0.509. The van der Waals surface area contributed by atoms with Crippen LogP contribution in [0.1, 0.15) is 23.8 Å². The lowest BCUT2D eigenvalue weighted by Crippen LogP contribution is -2.20. The molecular formula is C24H19N3OS. The largest absolute Gasteiger partial charge is 0.283 e. The number of hydrogen-bond donors (Lipinski definition) is 0. The van der Waals surface area contributed by atoms with Crippen molar-refractivity contribution in [2.24, 2.45) is 5.92 Å². The minimum Gasteiger partial charge on any atom is -0.267 e. The van der Waals surface area contributed by atoms with E-state index in [1.807, 2.05) is 48.5 Å². The molecule has 29 heavy (non-hydrogen) atoms. The van der Waals surface area contributed by atoms with E-state index >= 15 is 0 Å². The molecule has 0 saturated heterocycles. The maximum atomic E-state index is 13.6. The molecule has 142 valence electrons. The van der Waals surface area contributed by atoms with Gasteiger partial charge in [0.15, 0.2) is 5.65 Å². The molecule has 0 amide bonds. The summed E-state index contributed by atoms with van der Waals surface area (Å²) in [4.78, 5) is 20.7. The highest BCUT2D eigenvalue weighted by Gasteiger charge is 2.24. The Morgan fingerprint density at radius 3 is 2.62 bits per heavy atom. The lowest BCUT2D eigenvalue weighted by atomic mass is 9.89. The lowest BCUT2D eigenvalue weighted by Gasteiger charge is -2.17. The van der Waals surface area contributed by atoms with Crippen LogP contribution in [-0.2, 0) is 12.8 Å². The Hall–Kier alpha value is -3.05. The van der Waals surface area contributed by atoms with E-state index in [4.69, 9.17) is 10.1 Å². The van der Waals surface area contributed by atoms with Crippen molar-refractivity contribution in [2.75, 3.05) is 0 Å². The molecule has 0 radical (unpaired) electrons. The van der Waals surface area contributed by atoms with Crippen molar-refractivity contribution in [1.82, 2.24) is 14.6 Å². The Labute approximate surface area is 171 Å². The van der Waals surface area contributed by atoms with Crippen LogP contribution in [0.4, 0.5) is 0 Å². The van der Waals surface area contributed by atoms with Gasteiger partial charge < -0.3 is 0 Å². The van der Waals surface area contributed by atoms with Gasteiger partial charge in [-0.05, 0) is 30.7 Å². The molecule has 3 heterocycles. The molecule has 5 heteroatoms. The van der Waals surface area contributed by atoms with Crippen LogP contribution in [0.3, 0.4) is 0 Å². The van der Waals surface area contributed by atoms with Crippen molar-refractivity contribution in [3.05, 3.63) is 75.4 Å². The Bertz CT molecular complexity index is 1470. The van der Waals surface area contributed by atoms with E-state index < -0.39 is 0 Å². The van der Waals surface area contributed by atoms with Crippen LogP contribution in [0.5, 0.6) is 0 Å². The minimum atomic E-state index is -0.0417. The molecule has 1 atom stereocenters. The summed E-state index contributed by atoms with van der Waals surface area (Å²) in [6.07, 6.45) is 3.13. The number of aryl methyl sites for hydroxylation is 1. The van der Waals surface area contributed by atoms with Gasteiger partial charge in [-0.2, -0.15) is 9.61 Å². The summed E-state index contributed by atoms with van der Waals surface area (Å²) >= 11 is 1.69. The van der Waals surface area contributed by atoms with E-state index in [0.717, 1.165) is 51.5 Å². The van der Waals surface area contributed by atoms with Gasteiger partial charge in [0, 0.05) is 21.2 Å². The predicted octanol–water partition coefficient (Wildman–Crippen LogP) is 5.25. The van der Waals surface area contributed by atoms with Crippen molar-refractivity contribution in [3.8, 4) is 11.3 Å². The molecule has 0 spiro atoms. The van der Waals surface area contributed by atoms with Crippen LogP contribution in [0, 0.1) is 5.92 Å². The predicted molar refractivity (Wildman–Crippen MR) is 119 cm³/mol. The number of hydrogen-bond acceptors (Lipinski definition) is 4. The third-order valence-corrected chi connectivity index (χ3v) is 7.13. The third-order valence-electron chi connectivity index (χ3n) is 5.98. The zero-order chi connectivity index (χ0) is 19.5. The summed E-state index contributed by atoms with van der Waals surface area (Å²) in [6.45, 7) is 2.28. The van der Waals surface area contributed by atoms with Gasteiger partial charge in [0.1, 0.15) is 4.83 Å². The molecule has 1 unspecified atom stereocenters. The van der Waals surface area contributed by atoms with Gasteiger partial charge in [-0.15, -0.1) is 11.3 Å². The first kappa shape index (κ1) is 16.9. The molecule has 4 nitrogen and oxygen atoms in total. The number of rotatable bonds is 1. The SMILES string of the molecule is CC1CCc2c(sc3nc4c5ccccc5c(-c5ccccc5)nn4c(=O)c23)C1. The summed E-state index contributed by atoms with van der Waals surface area (Å²) in [5.41, 5.74) is 3.61. The first-order valence-electron chi connectivity index (χ1n) is 10.0. The van der Waals surface area contributed by atoms with Gasteiger partial charge in [-0.3, -0.25) is 4.79 Å². The zero-order valence-electron chi connectivity index (χ0n) is 16.1. The van der Waals surface area contributed by atoms with Gasteiger partial charge in [0.2, 0.25) is 0 Å². The average molecular weight is 398 g/mol. The average Bonchev–Trinajstić information content (AvgIpc) is 3.11. The van der Waals surface area contributed by atoms with Crippen LogP contribution < -0.4 is 5.56 Å². The van der Waals surface area contributed by atoms with Gasteiger partial charge in [0.05, 0.1) is 11.1 Å². The first-order valence-corrected chi connectivity index (χ1v) is 10.8. The molecule has 1 aliphatic carbocycles. The first-order chi connectivity index (χ1) is 14.2. The Morgan fingerprint density at radius 2 is 1.79 bits per heavy atom. The van der Waals surface area contributed by atoms with Crippen molar-refractivity contribution in [2.45, 2.75) is 26.2 Å². The Balaban J connectivity index is 1.77. The van der Waals surface area contributed by atoms with Gasteiger partial charge in [-0.25, -0.2) is 4.98 Å². The van der Waals surface area contributed by atoms with Crippen molar-refractivity contribution >= 4 is 38.0 Å². The summed E-state index contributed by atoms with van der Waals surface area (Å²) in [7, 11) is 0. The van der Waals surface area contributed by atoms with Gasteiger partial charge in [-0.1, -0.05) is 61.5 Å². The molecule has 0 bridgehead atoms. The normalized spacial score (nSPS) is 16.5. The smallest absolute Gasteiger partial charge is 0.267 e. The highest BCUT2D eigenvalue weighted by molar-refractivity contribution is 7.18. The molecule has 3 aromatic heterocycles.